The predicted molar refractivity (Wildman–Crippen MR) is 84.4 cm³/mol. The number of carbonyl (C=O) groups is 2. The summed E-state index contributed by atoms with van der Waals surface area (Å²) in [6.07, 6.45) is -4.43. The van der Waals surface area contributed by atoms with Crippen molar-refractivity contribution >= 4 is 23.3 Å². The quantitative estimate of drug-likeness (QED) is 0.683. The molecular weight excluding hydrogens is 337 g/mol. The summed E-state index contributed by atoms with van der Waals surface area (Å²) in [7, 11) is 0. The number of nitrogens with one attached hydrogen (secondary N) is 1. The van der Waals surface area contributed by atoms with Crippen LogP contribution in [0.4, 0.5) is 24.5 Å². The van der Waals surface area contributed by atoms with Crippen LogP contribution in [0.2, 0.25) is 0 Å². The van der Waals surface area contributed by atoms with Gasteiger partial charge >= 0.3 is 12.1 Å². The van der Waals surface area contributed by atoms with Gasteiger partial charge in [0, 0.05) is 5.69 Å². The molecule has 0 atom stereocenters. The number of anilines is 2. The predicted octanol–water partition coefficient (Wildman–Crippen LogP) is 3.07. The standard InChI is InChI=1S/C17H13F3N2O3/c18-17(19,20)11-5-7-12(8-6-11)21-15(23)9-22-10-16(24)25-14-4-2-1-3-13(14)22/h1-8H,9-10H2,(H,21,23). The summed E-state index contributed by atoms with van der Waals surface area (Å²) in [5.41, 5.74) is 0.0498. The Kier molecular flexibility index (Phi) is 4.35. The monoisotopic (exact) mass is 350 g/mol. The summed E-state index contributed by atoms with van der Waals surface area (Å²) in [6.45, 7) is -0.218. The van der Waals surface area contributed by atoms with Gasteiger partial charge in [0.25, 0.3) is 0 Å². The number of alkyl halides is 3. The molecule has 0 aliphatic carbocycles. The van der Waals surface area contributed by atoms with Crippen LogP contribution in [-0.2, 0) is 15.8 Å². The minimum absolute atomic E-state index is 0.0859. The number of rotatable bonds is 3. The first-order chi connectivity index (χ1) is 11.8. The van der Waals surface area contributed by atoms with E-state index in [1.54, 1.807) is 29.2 Å². The van der Waals surface area contributed by atoms with Gasteiger partial charge < -0.3 is 15.0 Å². The number of benzene rings is 2. The highest BCUT2D eigenvalue weighted by Gasteiger charge is 2.30. The molecule has 25 heavy (non-hydrogen) atoms. The summed E-state index contributed by atoms with van der Waals surface area (Å²) < 4.78 is 42.7. The number of nitrogens with zero attached hydrogens (tertiary/aromatic N) is 1. The fourth-order valence-corrected chi connectivity index (χ4v) is 2.46. The highest BCUT2D eigenvalue weighted by Crippen LogP contribution is 2.31. The molecule has 0 bridgehead atoms. The normalized spacial score (nSPS) is 13.9. The topological polar surface area (TPSA) is 58.6 Å². The second-order valence-electron chi connectivity index (χ2n) is 5.42. The zero-order chi connectivity index (χ0) is 18.0. The highest BCUT2D eigenvalue weighted by molar-refractivity contribution is 5.96. The largest absolute Gasteiger partial charge is 0.423 e. The van der Waals surface area contributed by atoms with Crippen LogP contribution in [0.1, 0.15) is 5.56 Å². The van der Waals surface area contributed by atoms with Crippen molar-refractivity contribution in [1.29, 1.82) is 0 Å². The molecule has 3 rings (SSSR count). The lowest BCUT2D eigenvalue weighted by Crippen LogP contribution is -2.41. The third-order valence-electron chi connectivity index (χ3n) is 3.58. The number of ether oxygens (including phenoxy) is 1. The molecule has 2 aromatic carbocycles. The minimum atomic E-state index is -4.43. The van der Waals surface area contributed by atoms with Gasteiger partial charge in [0.15, 0.2) is 5.75 Å². The zero-order valence-corrected chi connectivity index (χ0v) is 12.8. The van der Waals surface area contributed by atoms with E-state index < -0.39 is 23.6 Å². The maximum absolute atomic E-state index is 12.5. The van der Waals surface area contributed by atoms with Gasteiger partial charge in [0.05, 0.1) is 17.8 Å². The number of amides is 1. The Balaban J connectivity index is 1.68. The van der Waals surface area contributed by atoms with Crippen molar-refractivity contribution in [1.82, 2.24) is 0 Å². The third-order valence-corrected chi connectivity index (χ3v) is 3.58. The van der Waals surface area contributed by atoms with Crippen LogP contribution in [0.5, 0.6) is 5.75 Å². The van der Waals surface area contributed by atoms with Crippen molar-refractivity contribution in [2.24, 2.45) is 0 Å². The Morgan fingerprint density at radius 3 is 2.48 bits per heavy atom. The molecule has 8 heteroatoms. The van der Waals surface area contributed by atoms with Crippen molar-refractivity contribution in [2.75, 3.05) is 23.3 Å². The lowest BCUT2D eigenvalue weighted by molar-refractivity contribution is -0.137. The van der Waals surface area contributed by atoms with Gasteiger partial charge in [-0.3, -0.25) is 4.79 Å². The number of esters is 1. The summed E-state index contributed by atoms with van der Waals surface area (Å²) in [4.78, 5) is 25.3. The summed E-state index contributed by atoms with van der Waals surface area (Å²) in [6, 6.07) is 10.9. The second-order valence-corrected chi connectivity index (χ2v) is 5.42. The van der Waals surface area contributed by atoms with E-state index in [9.17, 15) is 22.8 Å². The van der Waals surface area contributed by atoms with Crippen molar-refractivity contribution in [3.8, 4) is 5.75 Å². The Labute approximate surface area is 141 Å². The van der Waals surface area contributed by atoms with E-state index in [0.29, 0.717) is 11.4 Å². The third kappa shape index (κ3) is 3.90. The average molecular weight is 350 g/mol. The van der Waals surface area contributed by atoms with Crippen molar-refractivity contribution in [3.63, 3.8) is 0 Å². The molecule has 0 saturated heterocycles. The fraction of sp³-hybridized carbons (Fsp3) is 0.176. The molecule has 0 fully saturated rings. The van der Waals surface area contributed by atoms with E-state index in [2.05, 4.69) is 5.32 Å². The van der Waals surface area contributed by atoms with Crippen molar-refractivity contribution in [2.45, 2.75) is 6.18 Å². The van der Waals surface area contributed by atoms with Gasteiger partial charge in [0.2, 0.25) is 5.91 Å². The molecule has 0 saturated carbocycles. The van der Waals surface area contributed by atoms with Gasteiger partial charge in [-0.1, -0.05) is 12.1 Å². The lowest BCUT2D eigenvalue weighted by atomic mass is 10.2. The van der Waals surface area contributed by atoms with Crippen LogP contribution in [0.3, 0.4) is 0 Å². The Morgan fingerprint density at radius 1 is 1.12 bits per heavy atom. The van der Waals surface area contributed by atoms with Gasteiger partial charge in [-0.25, -0.2) is 4.79 Å². The van der Waals surface area contributed by atoms with Gasteiger partial charge in [-0.15, -0.1) is 0 Å². The number of fused-ring (bicyclic) bond motifs is 1. The number of para-hydroxylation sites is 2. The molecule has 0 radical (unpaired) electrons. The molecule has 2 aromatic rings. The molecule has 1 aliphatic rings. The van der Waals surface area contributed by atoms with Crippen molar-refractivity contribution in [3.05, 3.63) is 54.1 Å². The number of halogens is 3. The van der Waals surface area contributed by atoms with Gasteiger partial charge in [-0.05, 0) is 36.4 Å². The van der Waals surface area contributed by atoms with Crippen LogP contribution in [0.15, 0.2) is 48.5 Å². The van der Waals surface area contributed by atoms with Gasteiger partial charge in [-0.2, -0.15) is 13.2 Å². The lowest BCUT2D eigenvalue weighted by Gasteiger charge is -2.29. The zero-order valence-electron chi connectivity index (χ0n) is 12.8. The van der Waals surface area contributed by atoms with Gasteiger partial charge in [0.1, 0.15) is 6.54 Å². The maximum atomic E-state index is 12.5. The first-order valence-corrected chi connectivity index (χ1v) is 7.35. The molecule has 130 valence electrons. The van der Waals surface area contributed by atoms with E-state index in [0.717, 1.165) is 12.1 Å². The van der Waals surface area contributed by atoms with Crippen molar-refractivity contribution < 1.29 is 27.5 Å². The van der Waals surface area contributed by atoms with E-state index in [-0.39, 0.29) is 18.8 Å². The Morgan fingerprint density at radius 2 is 1.80 bits per heavy atom. The molecule has 0 aromatic heterocycles. The number of hydrogen-bond acceptors (Lipinski definition) is 4. The molecular formula is C17H13F3N2O3. The SMILES string of the molecule is O=C(CN1CC(=O)Oc2ccccc21)Nc1ccc(C(F)(F)F)cc1. The molecule has 0 spiro atoms. The molecule has 0 unspecified atom stereocenters. The van der Waals surface area contributed by atoms with Crippen LogP contribution in [0, 0.1) is 0 Å². The second kappa shape index (κ2) is 6.46. The van der Waals surface area contributed by atoms with Crippen LogP contribution in [-0.4, -0.2) is 25.0 Å². The van der Waals surface area contributed by atoms with E-state index in [4.69, 9.17) is 4.74 Å². The van der Waals surface area contributed by atoms with Crippen LogP contribution >= 0.6 is 0 Å². The number of hydrogen-bond donors (Lipinski definition) is 1. The summed E-state index contributed by atoms with van der Waals surface area (Å²) >= 11 is 0. The van der Waals surface area contributed by atoms with Crippen LogP contribution in [0.25, 0.3) is 0 Å². The fourth-order valence-electron chi connectivity index (χ4n) is 2.46. The number of carbonyl (C=O) groups excluding carboxylic acids is 2. The molecule has 1 aliphatic heterocycles. The average Bonchev–Trinajstić information content (AvgIpc) is 2.54. The summed E-state index contributed by atoms with van der Waals surface area (Å²) in [5, 5.41) is 2.51. The maximum Gasteiger partial charge on any atom is 0.416 e. The molecule has 1 amide bonds. The first kappa shape index (κ1) is 16.8. The Hall–Kier alpha value is -3.03. The van der Waals surface area contributed by atoms with E-state index in [1.807, 2.05) is 0 Å². The first-order valence-electron chi connectivity index (χ1n) is 7.35. The van der Waals surface area contributed by atoms with Crippen LogP contribution < -0.4 is 15.0 Å². The molecule has 1 heterocycles. The summed E-state index contributed by atoms with van der Waals surface area (Å²) in [5.74, 6) is -0.577. The molecule has 5 nitrogen and oxygen atoms in total. The van der Waals surface area contributed by atoms with E-state index in [1.165, 1.54) is 12.1 Å². The minimum Gasteiger partial charge on any atom is -0.423 e. The molecule has 1 N–H and O–H groups in total. The highest BCUT2D eigenvalue weighted by atomic mass is 19.4. The Bertz CT molecular complexity index is 804. The smallest absolute Gasteiger partial charge is 0.416 e. The van der Waals surface area contributed by atoms with E-state index >= 15 is 0 Å².